The molecular weight excluding hydrogens is 252 g/mol. The lowest BCUT2D eigenvalue weighted by Crippen LogP contribution is -2.28. The standard InChI is InChI=1S/C14H17ClO3/c1-13(2,3)18-17-12(16)14(8-9-14)10-4-6-11(15)7-5-10/h4-7H,8-9H2,1-3H3. The monoisotopic (exact) mass is 268 g/mol. The SMILES string of the molecule is CC(C)(C)OOC(=O)C1(c2ccc(Cl)cc2)CC1. The van der Waals surface area contributed by atoms with Crippen LogP contribution in [-0.4, -0.2) is 11.6 Å². The van der Waals surface area contributed by atoms with Crippen LogP contribution in [0.2, 0.25) is 5.02 Å². The summed E-state index contributed by atoms with van der Waals surface area (Å²) < 4.78 is 0. The van der Waals surface area contributed by atoms with Crippen molar-refractivity contribution in [1.29, 1.82) is 0 Å². The second kappa shape index (κ2) is 4.56. The summed E-state index contributed by atoms with van der Waals surface area (Å²) >= 11 is 5.84. The summed E-state index contributed by atoms with van der Waals surface area (Å²) in [5.41, 5.74) is -0.0869. The molecule has 0 aliphatic heterocycles. The van der Waals surface area contributed by atoms with Crippen molar-refractivity contribution in [2.45, 2.75) is 44.6 Å². The van der Waals surface area contributed by atoms with Gasteiger partial charge in [0.2, 0.25) is 0 Å². The van der Waals surface area contributed by atoms with Gasteiger partial charge in [-0.3, -0.25) is 4.89 Å². The van der Waals surface area contributed by atoms with Gasteiger partial charge in [0, 0.05) is 5.02 Å². The average molecular weight is 269 g/mol. The fourth-order valence-electron chi connectivity index (χ4n) is 1.75. The summed E-state index contributed by atoms with van der Waals surface area (Å²) in [5, 5.41) is 0.661. The van der Waals surface area contributed by atoms with Crippen molar-refractivity contribution in [2.75, 3.05) is 0 Å². The lowest BCUT2D eigenvalue weighted by molar-refractivity contribution is -0.322. The van der Waals surface area contributed by atoms with Crippen molar-refractivity contribution in [2.24, 2.45) is 0 Å². The van der Waals surface area contributed by atoms with Crippen molar-refractivity contribution in [1.82, 2.24) is 0 Å². The van der Waals surface area contributed by atoms with E-state index in [0.29, 0.717) is 5.02 Å². The lowest BCUT2D eigenvalue weighted by Gasteiger charge is -2.20. The topological polar surface area (TPSA) is 35.5 Å². The first-order valence-electron chi connectivity index (χ1n) is 6.00. The molecule has 3 nitrogen and oxygen atoms in total. The third kappa shape index (κ3) is 2.85. The lowest BCUT2D eigenvalue weighted by atomic mass is 9.96. The Labute approximate surface area is 112 Å². The summed E-state index contributed by atoms with van der Waals surface area (Å²) in [6, 6.07) is 7.31. The number of carbonyl (C=O) groups excluding carboxylic acids is 1. The van der Waals surface area contributed by atoms with E-state index in [4.69, 9.17) is 21.4 Å². The number of hydrogen-bond donors (Lipinski definition) is 0. The Morgan fingerprint density at radius 2 is 1.78 bits per heavy atom. The van der Waals surface area contributed by atoms with Crippen LogP contribution in [0.5, 0.6) is 0 Å². The predicted octanol–water partition coefficient (Wildman–Crippen LogP) is 3.64. The molecule has 0 spiro atoms. The first-order valence-corrected chi connectivity index (χ1v) is 6.37. The van der Waals surface area contributed by atoms with Gasteiger partial charge in [0.15, 0.2) is 0 Å². The Bertz CT molecular complexity index is 441. The molecule has 98 valence electrons. The van der Waals surface area contributed by atoms with E-state index >= 15 is 0 Å². The maximum absolute atomic E-state index is 12.1. The van der Waals surface area contributed by atoms with Gasteiger partial charge in [0.05, 0.1) is 5.41 Å². The van der Waals surface area contributed by atoms with E-state index in [0.717, 1.165) is 18.4 Å². The Balaban J connectivity index is 2.07. The second-order valence-electron chi connectivity index (χ2n) is 5.66. The predicted molar refractivity (Wildman–Crippen MR) is 69.3 cm³/mol. The van der Waals surface area contributed by atoms with Crippen LogP contribution in [0, 0.1) is 0 Å². The number of benzene rings is 1. The molecule has 0 aromatic heterocycles. The second-order valence-corrected chi connectivity index (χ2v) is 6.09. The molecule has 0 bridgehead atoms. The van der Waals surface area contributed by atoms with E-state index in [2.05, 4.69) is 0 Å². The Morgan fingerprint density at radius 1 is 1.22 bits per heavy atom. The van der Waals surface area contributed by atoms with E-state index in [1.807, 2.05) is 32.9 Å². The summed E-state index contributed by atoms with van der Waals surface area (Å²) in [5.74, 6) is -0.320. The van der Waals surface area contributed by atoms with Crippen LogP contribution in [0.1, 0.15) is 39.2 Å². The largest absolute Gasteiger partial charge is 0.352 e. The zero-order valence-corrected chi connectivity index (χ0v) is 11.6. The molecule has 4 heteroatoms. The molecule has 18 heavy (non-hydrogen) atoms. The van der Waals surface area contributed by atoms with Crippen molar-refractivity contribution >= 4 is 17.6 Å². The fraction of sp³-hybridized carbons (Fsp3) is 0.500. The molecular formula is C14H17ClO3. The maximum Gasteiger partial charge on any atom is 0.352 e. The van der Waals surface area contributed by atoms with Gasteiger partial charge in [0.25, 0.3) is 0 Å². The van der Waals surface area contributed by atoms with Crippen molar-refractivity contribution in [3.63, 3.8) is 0 Å². The van der Waals surface area contributed by atoms with Crippen LogP contribution in [0.25, 0.3) is 0 Å². The van der Waals surface area contributed by atoms with Crippen LogP contribution >= 0.6 is 11.6 Å². The molecule has 1 aliphatic carbocycles. The molecule has 1 fully saturated rings. The van der Waals surface area contributed by atoms with E-state index in [9.17, 15) is 4.79 Å². The Kier molecular flexibility index (Phi) is 3.39. The third-order valence-electron chi connectivity index (χ3n) is 2.90. The number of rotatable bonds is 3. The Morgan fingerprint density at radius 3 is 2.22 bits per heavy atom. The summed E-state index contributed by atoms with van der Waals surface area (Å²) in [6.45, 7) is 5.51. The van der Waals surface area contributed by atoms with E-state index in [1.54, 1.807) is 12.1 Å². The van der Waals surface area contributed by atoms with Gasteiger partial charge in [0.1, 0.15) is 5.60 Å². The van der Waals surface area contributed by atoms with Crippen molar-refractivity contribution in [3.8, 4) is 0 Å². The third-order valence-corrected chi connectivity index (χ3v) is 3.16. The van der Waals surface area contributed by atoms with E-state index in [-0.39, 0.29) is 5.97 Å². The molecule has 0 atom stereocenters. The van der Waals surface area contributed by atoms with Gasteiger partial charge in [-0.25, -0.2) is 4.79 Å². The quantitative estimate of drug-likeness (QED) is 0.620. The molecule has 1 aromatic rings. The zero-order chi connectivity index (χ0) is 13.4. The summed E-state index contributed by atoms with van der Waals surface area (Å²) in [7, 11) is 0. The van der Waals surface area contributed by atoms with Crippen LogP contribution in [0.3, 0.4) is 0 Å². The van der Waals surface area contributed by atoms with Gasteiger partial charge >= 0.3 is 5.97 Å². The van der Waals surface area contributed by atoms with E-state index in [1.165, 1.54) is 0 Å². The van der Waals surface area contributed by atoms with Gasteiger partial charge in [-0.05, 0) is 51.3 Å². The molecule has 0 radical (unpaired) electrons. The van der Waals surface area contributed by atoms with Crippen molar-refractivity contribution in [3.05, 3.63) is 34.9 Å². The van der Waals surface area contributed by atoms with Crippen LogP contribution in [0.4, 0.5) is 0 Å². The van der Waals surface area contributed by atoms with E-state index < -0.39 is 11.0 Å². The highest BCUT2D eigenvalue weighted by molar-refractivity contribution is 6.30. The van der Waals surface area contributed by atoms with Crippen LogP contribution in [0.15, 0.2) is 24.3 Å². The van der Waals surface area contributed by atoms with Gasteiger partial charge < -0.3 is 0 Å². The normalized spacial score (nSPS) is 17.3. The maximum atomic E-state index is 12.1. The molecule has 0 heterocycles. The first kappa shape index (κ1) is 13.4. The molecule has 0 saturated heterocycles. The molecule has 1 saturated carbocycles. The highest BCUT2D eigenvalue weighted by Gasteiger charge is 2.53. The number of halogens is 1. The average Bonchev–Trinajstić information content (AvgIpc) is 3.07. The molecule has 0 amide bonds. The number of carbonyl (C=O) groups is 1. The minimum Gasteiger partial charge on any atom is -0.297 e. The zero-order valence-electron chi connectivity index (χ0n) is 10.8. The smallest absolute Gasteiger partial charge is 0.297 e. The first-order chi connectivity index (χ1) is 8.33. The Hall–Kier alpha value is -1.06. The molecule has 0 unspecified atom stereocenters. The van der Waals surface area contributed by atoms with Gasteiger partial charge in [-0.15, -0.1) is 0 Å². The molecule has 1 aliphatic rings. The molecule has 0 N–H and O–H groups in total. The fourth-order valence-corrected chi connectivity index (χ4v) is 1.87. The number of hydrogen-bond acceptors (Lipinski definition) is 3. The molecule has 1 aromatic carbocycles. The minimum atomic E-state index is -0.532. The highest BCUT2D eigenvalue weighted by atomic mass is 35.5. The van der Waals surface area contributed by atoms with Crippen molar-refractivity contribution < 1.29 is 14.6 Å². The summed E-state index contributed by atoms with van der Waals surface area (Å²) in [6.07, 6.45) is 1.59. The van der Waals surface area contributed by atoms with Crippen LogP contribution < -0.4 is 0 Å². The van der Waals surface area contributed by atoms with Gasteiger partial charge in [-0.1, -0.05) is 23.7 Å². The van der Waals surface area contributed by atoms with Gasteiger partial charge in [-0.2, -0.15) is 4.89 Å². The summed E-state index contributed by atoms with van der Waals surface area (Å²) in [4.78, 5) is 22.1. The minimum absolute atomic E-state index is 0.320. The highest BCUT2D eigenvalue weighted by Crippen LogP contribution is 2.49. The van der Waals surface area contributed by atoms with Crippen LogP contribution in [-0.2, 0) is 20.0 Å². The molecule has 2 rings (SSSR count).